The van der Waals surface area contributed by atoms with Gasteiger partial charge in [-0.1, -0.05) is 18.2 Å². The Balaban J connectivity index is 2.33. The van der Waals surface area contributed by atoms with Gasteiger partial charge in [0.25, 0.3) is 0 Å². The molecule has 1 aromatic rings. The van der Waals surface area contributed by atoms with Gasteiger partial charge >= 0.3 is 24.1 Å². The van der Waals surface area contributed by atoms with E-state index in [1.807, 2.05) is 0 Å². The number of carbonyl (C=O) groups is 4. The lowest BCUT2D eigenvalue weighted by molar-refractivity contribution is -0.158. The number of hydrogen-bond donors (Lipinski definition) is 1. The number of nitrogens with one attached hydrogen (secondary N) is 1. The van der Waals surface area contributed by atoms with Gasteiger partial charge in [0.15, 0.2) is 12.2 Å². The minimum absolute atomic E-state index is 0.0134. The molecule has 11 nitrogen and oxygen atoms in total. The molecule has 178 valence electrons. The summed E-state index contributed by atoms with van der Waals surface area (Å²) in [5, 5.41) is 4.84. The van der Waals surface area contributed by atoms with Gasteiger partial charge in [0, 0.05) is 16.8 Å². The lowest BCUT2D eigenvalue weighted by atomic mass is 9.91. The van der Waals surface area contributed by atoms with E-state index in [0.717, 1.165) is 10.0 Å². The van der Waals surface area contributed by atoms with Crippen molar-refractivity contribution in [2.75, 3.05) is 31.7 Å². The van der Waals surface area contributed by atoms with E-state index in [9.17, 15) is 19.2 Å². The molecule has 2 atom stereocenters. The maximum absolute atomic E-state index is 13.2. The van der Waals surface area contributed by atoms with Gasteiger partial charge in [-0.25, -0.2) is 19.2 Å². The predicted molar refractivity (Wildman–Crippen MR) is 116 cm³/mol. The van der Waals surface area contributed by atoms with Gasteiger partial charge in [-0.15, -0.1) is 0 Å². The quantitative estimate of drug-likeness (QED) is 0.503. The number of carbonyl (C=O) groups excluding carboxylic acids is 4. The largest absolute Gasteiger partial charge is 0.464 e. The molecule has 11 heteroatoms. The van der Waals surface area contributed by atoms with Crippen LogP contribution in [0.25, 0.3) is 5.57 Å². The van der Waals surface area contributed by atoms with Gasteiger partial charge < -0.3 is 24.3 Å². The molecule has 0 radical (unpaired) electrons. The molecule has 0 spiro atoms. The molecule has 0 aliphatic carbocycles. The Bertz CT molecular complexity index is 976. The number of amides is 2. The minimum atomic E-state index is -1.63. The van der Waals surface area contributed by atoms with E-state index in [4.69, 9.17) is 18.9 Å². The zero-order chi connectivity index (χ0) is 24.1. The summed E-state index contributed by atoms with van der Waals surface area (Å²) in [6.07, 6.45) is -2.97. The molecule has 2 heterocycles. The highest BCUT2D eigenvalue weighted by atomic mass is 16.6. The Morgan fingerprint density at radius 3 is 2.00 bits per heavy atom. The Morgan fingerprint density at radius 1 is 0.818 bits per heavy atom. The number of ether oxygens (including phenoxy) is 4. The Labute approximate surface area is 191 Å². The molecule has 1 N–H and O–H groups in total. The van der Waals surface area contributed by atoms with Crippen LogP contribution in [-0.4, -0.2) is 72.8 Å². The molecule has 3 rings (SSSR count). The second-order valence-corrected chi connectivity index (χ2v) is 6.88. The van der Waals surface area contributed by atoms with E-state index in [2.05, 4.69) is 5.32 Å². The maximum atomic E-state index is 13.2. The minimum Gasteiger partial charge on any atom is -0.464 e. The normalized spacial score (nSPS) is 18.7. The summed E-state index contributed by atoms with van der Waals surface area (Å²) < 4.78 is 20.8. The molecule has 2 aliphatic rings. The molecule has 0 unspecified atom stereocenters. The highest BCUT2D eigenvalue weighted by Crippen LogP contribution is 2.44. The van der Waals surface area contributed by atoms with Crippen LogP contribution in [0.1, 0.15) is 33.3 Å². The summed E-state index contributed by atoms with van der Waals surface area (Å²) in [7, 11) is 0. The van der Waals surface area contributed by atoms with E-state index in [1.165, 1.54) is 0 Å². The molecule has 1 aromatic carbocycles. The summed E-state index contributed by atoms with van der Waals surface area (Å²) in [6.45, 7) is 6.39. The van der Waals surface area contributed by atoms with E-state index < -0.39 is 36.3 Å². The first-order valence-electron chi connectivity index (χ1n) is 10.8. The van der Waals surface area contributed by atoms with Crippen molar-refractivity contribution in [1.29, 1.82) is 0 Å². The number of hydrazine groups is 1. The number of benzene rings is 1. The van der Waals surface area contributed by atoms with Crippen LogP contribution in [0.4, 0.5) is 15.3 Å². The summed E-state index contributed by atoms with van der Waals surface area (Å²) in [5.74, 6) is -1.73. The van der Waals surface area contributed by atoms with Crippen molar-refractivity contribution < 1.29 is 38.1 Å². The Morgan fingerprint density at radius 2 is 1.39 bits per heavy atom. The van der Waals surface area contributed by atoms with Crippen LogP contribution in [0.2, 0.25) is 0 Å². The monoisotopic (exact) mass is 461 g/mol. The molecule has 2 amide bonds. The summed E-state index contributed by atoms with van der Waals surface area (Å²) in [4.78, 5) is 52.4. The first kappa shape index (κ1) is 23.9. The third-order valence-electron chi connectivity index (χ3n) is 4.98. The third kappa shape index (κ3) is 4.30. The van der Waals surface area contributed by atoms with Crippen LogP contribution in [0.5, 0.6) is 0 Å². The van der Waals surface area contributed by atoms with Gasteiger partial charge in [0.2, 0.25) is 0 Å². The van der Waals surface area contributed by atoms with Crippen LogP contribution in [0.15, 0.2) is 29.8 Å². The van der Waals surface area contributed by atoms with Crippen molar-refractivity contribution in [3.63, 3.8) is 0 Å². The zero-order valence-electron chi connectivity index (χ0n) is 19.0. The van der Waals surface area contributed by atoms with Crippen LogP contribution < -0.4 is 5.32 Å². The average Bonchev–Trinajstić information content (AvgIpc) is 3.17. The zero-order valence-corrected chi connectivity index (χ0v) is 19.0. The summed E-state index contributed by atoms with van der Waals surface area (Å²) in [5.41, 5.74) is 1.38. The van der Waals surface area contributed by atoms with Crippen molar-refractivity contribution in [1.82, 2.24) is 10.0 Å². The van der Waals surface area contributed by atoms with Crippen molar-refractivity contribution >= 4 is 35.4 Å². The number of anilines is 1. The highest BCUT2D eigenvalue weighted by Gasteiger charge is 2.55. The van der Waals surface area contributed by atoms with Crippen LogP contribution in [0.3, 0.4) is 0 Å². The molecule has 0 saturated carbocycles. The van der Waals surface area contributed by atoms with Crippen molar-refractivity contribution in [3.8, 4) is 0 Å². The number of hydrogen-bond acceptors (Lipinski definition) is 9. The van der Waals surface area contributed by atoms with Gasteiger partial charge in [0.05, 0.1) is 32.0 Å². The van der Waals surface area contributed by atoms with Crippen LogP contribution >= 0.6 is 0 Å². The fourth-order valence-corrected chi connectivity index (χ4v) is 3.84. The average molecular weight is 461 g/mol. The van der Waals surface area contributed by atoms with Gasteiger partial charge in [-0.05, 0) is 33.8 Å². The van der Waals surface area contributed by atoms with Crippen LogP contribution in [-0.2, 0) is 28.5 Å². The predicted octanol–water partition coefficient (Wildman–Crippen LogP) is 2.53. The van der Waals surface area contributed by atoms with Gasteiger partial charge in [-0.2, -0.15) is 10.0 Å². The number of para-hydroxylation sites is 1. The second-order valence-electron chi connectivity index (χ2n) is 6.88. The maximum Gasteiger partial charge on any atom is 0.431 e. The molecule has 0 bridgehead atoms. The Kier molecular flexibility index (Phi) is 7.41. The van der Waals surface area contributed by atoms with E-state index >= 15 is 0 Å². The Hall–Kier alpha value is -3.76. The van der Waals surface area contributed by atoms with Crippen molar-refractivity contribution in [2.45, 2.75) is 39.9 Å². The smallest absolute Gasteiger partial charge is 0.431 e. The molecule has 0 saturated heterocycles. The fourth-order valence-electron chi connectivity index (χ4n) is 3.84. The topological polar surface area (TPSA) is 124 Å². The van der Waals surface area contributed by atoms with Crippen LogP contribution in [0, 0.1) is 0 Å². The van der Waals surface area contributed by atoms with E-state index in [0.29, 0.717) is 16.8 Å². The van der Waals surface area contributed by atoms with Crippen molar-refractivity contribution in [3.05, 3.63) is 35.4 Å². The lowest BCUT2D eigenvalue weighted by Gasteiger charge is -2.44. The molecular weight excluding hydrogens is 434 g/mol. The fraction of sp³-hybridized carbons (Fsp3) is 0.455. The SMILES string of the molecule is CCOC(=O)C1=C2c3ccccc3N[C@H]2N(C(=O)OCC)N(C(=O)OCC)[C@@H]1C(=O)OCC. The third-order valence-corrected chi connectivity index (χ3v) is 4.98. The molecule has 33 heavy (non-hydrogen) atoms. The van der Waals surface area contributed by atoms with E-state index in [1.54, 1.807) is 52.0 Å². The number of fused-ring (bicyclic) bond motifs is 3. The summed E-state index contributed by atoms with van der Waals surface area (Å²) in [6, 6.07) is 5.38. The first-order valence-corrected chi connectivity index (χ1v) is 10.8. The van der Waals surface area contributed by atoms with Gasteiger partial charge in [0.1, 0.15) is 0 Å². The molecular formula is C22H27N3O8. The first-order chi connectivity index (χ1) is 15.9. The number of rotatable bonds is 6. The highest BCUT2D eigenvalue weighted by molar-refractivity contribution is 6.10. The number of esters is 2. The molecule has 0 fully saturated rings. The van der Waals surface area contributed by atoms with Crippen molar-refractivity contribution in [2.24, 2.45) is 0 Å². The summed E-state index contributed by atoms with van der Waals surface area (Å²) >= 11 is 0. The number of nitrogens with zero attached hydrogens (tertiary/aromatic N) is 2. The standard InChI is InChI=1S/C22H27N3O8/c1-5-30-19(26)16-15-13-11-9-10-12-14(13)23-18(15)25(22(29)33-8-4)24(21(28)32-7-3)17(16)20(27)31-6-2/h9-12,17-18,23H,5-8H2,1-4H3/t17-,18-/m0/s1. The lowest BCUT2D eigenvalue weighted by Crippen LogP contribution is -2.66. The van der Waals surface area contributed by atoms with Gasteiger partial charge in [-0.3, -0.25) is 0 Å². The molecule has 0 aromatic heterocycles. The van der Waals surface area contributed by atoms with E-state index in [-0.39, 0.29) is 32.0 Å². The molecule has 2 aliphatic heterocycles. The second kappa shape index (κ2) is 10.2.